The van der Waals surface area contributed by atoms with Crippen molar-refractivity contribution < 1.29 is 47.1 Å². The van der Waals surface area contributed by atoms with Crippen molar-refractivity contribution in [1.29, 1.82) is 5.26 Å². The van der Waals surface area contributed by atoms with Crippen LogP contribution in [0, 0.1) is 28.6 Å². The van der Waals surface area contributed by atoms with E-state index in [0.29, 0.717) is 52.5 Å². The topological polar surface area (TPSA) is 191 Å². The van der Waals surface area contributed by atoms with Gasteiger partial charge in [0.25, 0.3) is 8.53 Å². The zero-order valence-electron chi connectivity index (χ0n) is 47.2. The Kier molecular flexibility index (Phi) is 17.2. The molecule has 3 aliphatic carbocycles. The normalized spacial score (nSPS) is 24.7. The highest BCUT2D eigenvalue weighted by Gasteiger charge is 2.57. The van der Waals surface area contributed by atoms with E-state index in [1.54, 1.807) is 26.9 Å². The molecular formula is C62H74N7O10P. The maximum atomic E-state index is 12.3. The average molecular weight is 1110 g/mol. The Balaban J connectivity index is 1.01. The number of hydrogen-bond donors (Lipinski definition) is 1. The lowest BCUT2D eigenvalue weighted by molar-refractivity contribution is -0.154. The third-order valence-electron chi connectivity index (χ3n) is 16.9. The molecule has 4 aliphatic rings. The van der Waals surface area contributed by atoms with Gasteiger partial charge in [-0.3, -0.25) is 14.2 Å². The Hall–Kier alpha value is -6.51. The Morgan fingerprint density at radius 3 is 2.16 bits per heavy atom. The number of esters is 2. The van der Waals surface area contributed by atoms with Crippen molar-refractivity contribution in [2.45, 2.75) is 148 Å². The third-order valence-corrected chi connectivity index (χ3v) is 19.1. The number of benzene rings is 4. The van der Waals surface area contributed by atoms with Crippen LogP contribution >= 0.6 is 8.53 Å². The molecule has 6 aromatic rings. The van der Waals surface area contributed by atoms with Gasteiger partial charge in [-0.2, -0.15) is 5.26 Å². The second kappa shape index (κ2) is 24.3. The number of carbonyl (C=O) groups is 2. The second-order valence-electron chi connectivity index (χ2n) is 22.3. The summed E-state index contributed by atoms with van der Waals surface area (Å²) in [5.41, 5.74) is 4.76. The summed E-state index contributed by atoms with van der Waals surface area (Å²) in [5, 5.41) is 13.4. The van der Waals surface area contributed by atoms with Crippen molar-refractivity contribution in [3.63, 3.8) is 0 Å². The molecule has 10 rings (SSSR count). The SMILES string of the molecule is COc1ccc(C(OC[C@H]2O[C@@H](n3cnc4c(NC5C[C@@H]6[C@H](CC[C@]7(C)C(OC(C)=O)CC[C@@H]67)c6ccc(OC(C)=O)cc65)ncnc43)C[C@@H]2OP(OCCC#N)N(C(C)C)C(C)C)(c2ccccc2)c2ccc(OC)cc2)cc1. The smallest absolute Gasteiger partial charge is 0.308 e. The fourth-order valence-corrected chi connectivity index (χ4v) is 15.2. The maximum Gasteiger partial charge on any atom is 0.308 e. The Morgan fingerprint density at radius 2 is 1.52 bits per heavy atom. The first-order valence-electron chi connectivity index (χ1n) is 28.0. The van der Waals surface area contributed by atoms with E-state index in [1.807, 2.05) is 83.4 Å². The van der Waals surface area contributed by atoms with E-state index >= 15 is 0 Å². The van der Waals surface area contributed by atoms with Gasteiger partial charge in [0, 0.05) is 37.8 Å². The van der Waals surface area contributed by atoms with Crippen molar-refractivity contribution in [2.24, 2.45) is 17.3 Å². The number of nitrogens with one attached hydrogen (secondary N) is 1. The van der Waals surface area contributed by atoms with Crippen LogP contribution in [-0.4, -0.2) is 94.0 Å². The van der Waals surface area contributed by atoms with E-state index in [4.69, 9.17) is 52.4 Å². The van der Waals surface area contributed by atoms with Gasteiger partial charge >= 0.3 is 11.9 Å². The quantitative estimate of drug-likeness (QED) is 0.0235. The second-order valence-corrected chi connectivity index (χ2v) is 23.7. The summed E-state index contributed by atoms with van der Waals surface area (Å²) < 4.78 is 55.6. The molecule has 0 amide bonds. The van der Waals surface area contributed by atoms with Gasteiger partial charge in [0.2, 0.25) is 0 Å². The van der Waals surface area contributed by atoms with Crippen molar-refractivity contribution in [3.05, 3.63) is 138 Å². The van der Waals surface area contributed by atoms with Crippen LogP contribution in [0.1, 0.15) is 139 Å². The summed E-state index contributed by atoms with van der Waals surface area (Å²) in [7, 11) is 1.60. The van der Waals surface area contributed by atoms with E-state index in [0.717, 1.165) is 54.4 Å². The largest absolute Gasteiger partial charge is 0.497 e. The Labute approximate surface area is 470 Å². The van der Waals surface area contributed by atoms with E-state index in [-0.39, 0.29) is 67.1 Å². The van der Waals surface area contributed by atoms with Gasteiger partial charge in [-0.25, -0.2) is 19.6 Å². The summed E-state index contributed by atoms with van der Waals surface area (Å²) >= 11 is 0. The number of hydrogen-bond acceptors (Lipinski definition) is 16. The Morgan fingerprint density at radius 1 is 0.850 bits per heavy atom. The van der Waals surface area contributed by atoms with Gasteiger partial charge in [0.1, 0.15) is 47.6 Å². The molecule has 2 aromatic heterocycles. The van der Waals surface area contributed by atoms with Crippen LogP contribution in [0.5, 0.6) is 17.2 Å². The predicted octanol–water partition coefficient (Wildman–Crippen LogP) is 12.1. The number of nitriles is 1. The van der Waals surface area contributed by atoms with Gasteiger partial charge in [0.05, 0.1) is 58.4 Å². The molecule has 1 saturated heterocycles. The van der Waals surface area contributed by atoms with Crippen LogP contribution in [0.3, 0.4) is 0 Å². The zero-order chi connectivity index (χ0) is 56.3. The maximum absolute atomic E-state index is 12.3. The molecule has 3 fully saturated rings. The van der Waals surface area contributed by atoms with Crippen molar-refractivity contribution in [1.82, 2.24) is 24.2 Å². The molecule has 2 saturated carbocycles. The lowest BCUT2D eigenvalue weighted by Gasteiger charge is -2.51. The predicted molar refractivity (Wildman–Crippen MR) is 303 cm³/mol. The molecular weight excluding hydrogens is 1030 g/mol. The van der Waals surface area contributed by atoms with E-state index in [1.165, 1.54) is 19.4 Å². The van der Waals surface area contributed by atoms with Crippen molar-refractivity contribution in [3.8, 4) is 23.3 Å². The number of ether oxygens (including phenoxy) is 6. The number of carbonyl (C=O) groups excluding carboxylic acids is 2. The Bertz CT molecular complexity index is 3100. The highest BCUT2D eigenvalue weighted by molar-refractivity contribution is 7.44. The lowest BCUT2D eigenvalue weighted by atomic mass is 9.54. The highest BCUT2D eigenvalue weighted by Crippen LogP contribution is 2.63. The van der Waals surface area contributed by atoms with Crippen molar-refractivity contribution in [2.75, 3.05) is 32.8 Å². The van der Waals surface area contributed by atoms with Gasteiger partial charge in [-0.05, 0) is 142 Å². The minimum atomic E-state index is -1.70. The first kappa shape index (κ1) is 56.8. The van der Waals surface area contributed by atoms with E-state index < -0.39 is 32.6 Å². The molecule has 3 unspecified atom stereocenters. The first-order chi connectivity index (χ1) is 38.6. The fraction of sp³-hybridized carbons (Fsp3) is 0.484. The standard InChI is InChI=1S/C62H74N7O10P/c1-38(2)69(39(3)4)80(75-31-13-30-63)79-54-34-57(78-55(54)35-74-62(42-14-11-10-12-15-42,43-16-20-45(72-8)21-17-43)44-18-22-46(73-9)23-19-44)68-37-66-58-59(64-36-65-60(58)68)67-53-33-50-49(48-25-24-47(32-51(48)53)76-40(5)70)28-29-61(7)52(50)26-27-56(61)77-41(6)71/h10-12,14-25,32,36-39,49-50,52-57H,13,26-29,31,33-35H2,1-9H3,(H,64,65,67)/t49-,50-,52+,53?,54+,55-,56?,57-,61+,80?/m1/s1. The summed E-state index contributed by atoms with van der Waals surface area (Å²) in [6.45, 7) is 14.0. The summed E-state index contributed by atoms with van der Waals surface area (Å²) in [6.07, 6.45) is 6.44. The minimum Gasteiger partial charge on any atom is -0.497 e. The monoisotopic (exact) mass is 1110 g/mol. The molecule has 0 bridgehead atoms. The molecule has 0 spiro atoms. The van der Waals surface area contributed by atoms with Crippen LogP contribution in [-0.2, 0) is 38.4 Å². The number of rotatable bonds is 21. The first-order valence-corrected chi connectivity index (χ1v) is 29.1. The molecule has 422 valence electrons. The lowest BCUT2D eigenvalue weighted by Crippen LogP contribution is -2.46. The number of methoxy groups -OCH3 is 2. The summed E-state index contributed by atoms with van der Waals surface area (Å²) in [4.78, 5) is 39.3. The van der Waals surface area contributed by atoms with Crippen molar-refractivity contribution >= 4 is 37.4 Å². The van der Waals surface area contributed by atoms with Crippen LogP contribution in [0.25, 0.3) is 11.2 Å². The van der Waals surface area contributed by atoms with Crippen LogP contribution < -0.4 is 19.5 Å². The highest BCUT2D eigenvalue weighted by atomic mass is 31.2. The molecule has 4 aromatic carbocycles. The molecule has 1 N–H and O–H groups in total. The number of aromatic nitrogens is 4. The molecule has 3 heterocycles. The van der Waals surface area contributed by atoms with Gasteiger partial charge in [-0.1, -0.05) is 67.6 Å². The minimum absolute atomic E-state index is 0.0563. The fourth-order valence-electron chi connectivity index (χ4n) is 13.5. The number of fused-ring (bicyclic) bond motifs is 6. The number of nitrogens with zero attached hydrogens (tertiary/aromatic N) is 6. The van der Waals surface area contributed by atoms with E-state index in [9.17, 15) is 14.9 Å². The molecule has 18 heteroatoms. The molecule has 17 nitrogen and oxygen atoms in total. The van der Waals surface area contributed by atoms with Crippen LogP contribution in [0.2, 0.25) is 0 Å². The molecule has 0 radical (unpaired) electrons. The zero-order valence-corrected chi connectivity index (χ0v) is 48.1. The average Bonchev–Trinajstić information content (AvgIpc) is 4.35. The molecule has 1 aliphatic heterocycles. The van der Waals surface area contributed by atoms with E-state index in [2.05, 4.69) is 68.9 Å². The van der Waals surface area contributed by atoms with Crippen LogP contribution in [0.15, 0.2) is 110 Å². The van der Waals surface area contributed by atoms with Gasteiger partial charge in [0.15, 0.2) is 17.0 Å². The van der Waals surface area contributed by atoms with Crippen LogP contribution in [0.4, 0.5) is 5.82 Å². The molecule has 10 atom stereocenters. The molecule has 80 heavy (non-hydrogen) atoms. The number of anilines is 1. The summed E-state index contributed by atoms with van der Waals surface area (Å²) in [6, 6.07) is 34.2. The van der Waals surface area contributed by atoms with Gasteiger partial charge < -0.3 is 42.8 Å². The summed E-state index contributed by atoms with van der Waals surface area (Å²) in [5.74, 6) is 2.76. The third kappa shape index (κ3) is 11.3. The number of imidazole rings is 1. The van der Waals surface area contributed by atoms with Gasteiger partial charge in [-0.15, -0.1) is 0 Å².